The summed E-state index contributed by atoms with van der Waals surface area (Å²) in [5.41, 5.74) is 0.744. The highest BCUT2D eigenvalue weighted by atomic mass is 16.2. The Bertz CT molecular complexity index is 220. The summed E-state index contributed by atoms with van der Waals surface area (Å²) in [6, 6.07) is 0. The first-order chi connectivity index (χ1) is 9.43. The molecule has 0 unspecified atom stereocenters. The summed E-state index contributed by atoms with van der Waals surface area (Å²) in [5, 5.41) is 7.57. The van der Waals surface area contributed by atoms with E-state index in [1.54, 1.807) is 6.92 Å². The lowest BCUT2D eigenvalue weighted by atomic mass is 9.78. The second-order valence-electron chi connectivity index (χ2n) is 7.44. The number of aliphatic hydroxyl groups is 1. The van der Waals surface area contributed by atoms with E-state index in [0.717, 1.165) is 5.92 Å². The van der Waals surface area contributed by atoms with Crippen molar-refractivity contribution in [1.29, 1.82) is 0 Å². The molecule has 0 fully saturated rings. The van der Waals surface area contributed by atoms with Crippen molar-refractivity contribution >= 4 is 0 Å². The van der Waals surface area contributed by atoms with Crippen molar-refractivity contribution in [3.05, 3.63) is 0 Å². The number of hydrogen-bond donors (Lipinski definition) is 1. The van der Waals surface area contributed by atoms with Crippen molar-refractivity contribution in [2.24, 2.45) is 17.3 Å². The molecule has 0 rings (SSSR count). The third kappa shape index (κ3) is 11.2. The largest absolute Gasteiger partial charge is 0.397 e. The number of nitrogens with zero attached hydrogens (tertiary/aromatic N) is 1. The van der Waals surface area contributed by atoms with Crippen molar-refractivity contribution in [2.75, 3.05) is 20.2 Å². The van der Waals surface area contributed by atoms with Crippen LogP contribution in [-0.2, 0) is 0 Å². The SMILES string of the molecule is CC.CC(C)C(C)(C)CCN(C)C(C)(C)C(C)C.CCO. The van der Waals surface area contributed by atoms with Gasteiger partial charge in [-0.2, -0.15) is 0 Å². The molecule has 0 aliphatic carbocycles. The van der Waals surface area contributed by atoms with E-state index >= 15 is 0 Å². The summed E-state index contributed by atoms with van der Waals surface area (Å²) in [4.78, 5) is 2.52. The van der Waals surface area contributed by atoms with Crippen LogP contribution in [0.5, 0.6) is 0 Å². The van der Waals surface area contributed by atoms with Crippen molar-refractivity contribution < 1.29 is 5.11 Å². The van der Waals surface area contributed by atoms with Crippen LogP contribution in [0.2, 0.25) is 0 Å². The molecule has 0 bridgehead atoms. The molecule has 0 aromatic rings. The average Bonchev–Trinajstić information content (AvgIpc) is 2.38. The molecule has 0 atom stereocenters. The van der Waals surface area contributed by atoms with Crippen LogP contribution < -0.4 is 0 Å². The van der Waals surface area contributed by atoms with Crippen LogP contribution >= 0.6 is 0 Å². The molecule has 21 heavy (non-hydrogen) atoms. The van der Waals surface area contributed by atoms with Crippen LogP contribution in [0.4, 0.5) is 0 Å². The van der Waals surface area contributed by atoms with Crippen LogP contribution in [0.1, 0.15) is 82.6 Å². The molecule has 132 valence electrons. The van der Waals surface area contributed by atoms with Gasteiger partial charge in [-0.25, -0.2) is 0 Å². The third-order valence-electron chi connectivity index (χ3n) is 5.05. The Morgan fingerprint density at radius 2 is 1.24 bits per heavy atom. The zero-order chi connectivity index (χ0) is 17.9. The smallest absolute Gasteiger partial charge is 0.0402 e. The maximum atomic E-state index is 7.57. The van der Waals surface area contributed by atoms with E-state index in [4.69, 9.17) is 5.11 Å². The molecular weight excluding hydrogens is 258 g/mol. The quantitative estimate of drug-likeness (QED) is 0.705. The Kier molecular flexibility index (Phi) is 15.3. The Balaban J connectivity index is -0.000000569. The zero-order valence-electron chi connectivity index (χ0n) is 17.2. The van der Waals surface area contributed by atoms with Gasteiger partial charge in [0.2, 0.25) is 0 Å². The molecule has 2 heteroatoms. The van der Waals surface area contributed by atoms with E-state index < -0.39 is 0 Å². The van der Waals surface area contributed by atoms with Crippen LogP contribution in [0.15, 0.2) is 0 Å². The molecule has 0 aromatic carbocycles. The van der Waals surface area contributed by atoms with Crippen molar-refractivity contribution in [3.8, 4) is 0 Å². The predicted octanol–water partition coefficient (Wildman–Crippen LogP) is 5.45. The van der Waals surface area contributed by atoms with Gasteiger partial charge in [-0.05, 0) is 58.0 Å². The Hall–Kier alpha value is -0.0800. The molecule has 0 saturated heterocycles. The first-order valence-corrected chi connectivity index (χ1v) is 8.75. The van der Waals surface area contributed by atoms with E-state index in [2.05, 4.69) is 67.3 Å². The Labute approximate surface area is 136 Å². The zero-order valence-corrected chi connectivity index (χ0v) is 17.2. The summed E-state index contributed by atoms with van der Waals surface area (Å²) >= 11 is 0. The highest BCUT2D eigenvalue weighted by Gasteiger charge is 2.29. The lowest BCUT2D eigenvalue weighted by molar-refractivity contribution is 0.0819. The minimum atomic E-state index is 0.250. The van der Waals surface area contributed by atoms with E-state index in [0.29, 0.717) is 16.9 Å². The van der Waals surface area contributed by atoms with Gasteiger partial charge in [0.25, 0.3) is 0 Å². The van der Waals surface area contributed by atoms with Crippen molar-refractivity contribution in [3.63, 3.8) is 0 Å². The van der Waals surface area contributed by atoms with E-state index in [1.807, 2.05) is 13.8 Å². The lowest BCUT2D eigenvalue weighted by Crippen LogP contribution is -2.46. The number of aliphatic hydroxyl groups excluding tert-OH is 1. The highest BCUT2D eigenvalue weighted by Crippen LogP contribution is 2.31. The van der Waals surface area contributed by atoms with E-state index in [1.165, 1.54) is 13.0 Å². The van der Waals surface area contributed by atoms with Gasteiger partial charge >= 0.3 is 0 Å². The van der Waals surface area contributed by atoms with Gasteiger partial charge in [-0.1, -0.05) is 55.4 Å². The second kappa shape index (κ2) is 12.5. The standard InChI is InChI=1S/C15H33N.C2H6O.C2H6/c1-12(2)14(5,6)10-11-16(9)15(7,8)13(3)4;1-2-3;1-2/h12-13H,10-11H2,1-9H3;3H,2H2,1H3;1-2H3. The van der Waals surface area contributed by atoms with Crippen LogP contribution in [0.3, 0.4) is 0 Å². The van der Waals surface area contributed by atoms with Gasteiger partial charge < -0.3 is 10.0 Å². The topological polar surface area (TPSA) is 23.5 Å². The average molecular weight is 304 g/mol. The summed E-state index contributed by atoms with van der Waals surface area (Å²) in [5.74, 6) is 1.45. The fraction of sp³-hybridized carbons (Fsp3) is 1.00. The summed E-state index contributed by atoms with van der Waals surface area (Å²) < 4.78 is 0. The highest BCUT2D eigenvalue weighted by molar-refractivity contribution is 4.84. The fourth-order valence-corrected chi connectivity index (χ4v) is 1.47. The minimum Gasteiger partial charge on any atom is -0.397 e. The summed E-state index contributed by atoms with van der Waals surface area (Å²) in [7, 11) is 2.26. The molecule has 1 N–H and O–H groups in total. The molecule has 0 spiro atoms. The van der Waals surface area contributed by atoms with Crippen molar-refractivity contribution in [2.45, 2.75) is 88.1 Å². The third-order valence-corrected chi connectivity index (χ3v) is 5.05. The van der Waals surface area contributed by atoms with Crippen LogP contribution in [0.25, 0.3) is 0 Å². The van der Waals surface area contributed by atoms with E-state index in [9.17, 15) is 0 Å². The van der Waals surface area contributed by atoms with Gasteiger partial charge in [0, 0.05) is 12.1 Å². The molecule has 0 saturated carbocycles. The molecule has 0 aromatic heterocycles. The van der Waals surface area contributed by atoms with Gasteiger partial charge in [-0.3, -0.25) is 0 Å². The van der Waals surface area contributed by atoms with Crippen LogP contribution in [-0.4, -0.2) is 35.7 Å². The van der Waals surface area contributed by atoms with Gasteiger partial charge in [0.15, 0.2) is 0 Å². The Morgan fingerprint density at radius 1 is 0.905 bits per heavy atom. The fourth-order valence-electron chi connectivity index (χ4n) is 1.47. The normalized spacial score (nSPS) is 12.0. The van der Waals surface area contributed by atoms with Gasteiger partial charge in [-0.15, -0.1) is 0 Å². The summed E-state index contributed by atoms with van der Waals surface area (Å²) in [6.07, 6.45) is 1.28. The second-order valence-corrected chi connectivity index (χ2v) is 7.44. The molecule has 2 nitrogen and oxygen atoms in total. The number of rotatable bonds is 6. The van der Waals surface area contributed by atoms with Gasteiger partial charge in [0.1, 0.15) is 0 Å². The monoisotopic (exact) mass is 303 g/mol. The maximum absolute atomic E-state index is 7.57. The molecule has 0 aliphatic heterocycles. The lowest BCUT2D eigenvalue weighted by Gasteiger charge is -2.41. The summed E-state index contributed by atoms with van der Waals surface area (Å²) in [6.45, 7) is 25.9. The van der Waals surface area contributed by atoms with Gasteiger partial charge in [0.05, 0.1) is 0 Å². The first kappa shape index (κ1) is 25.9. The molecule has 0 radical (unpaired) electrons. The molecule has 0 aliphatic rings. The van der Waals surface area contributed by atoms with Crippen LogP contribution in [0, 0.1) is 17.3 Å². The predicted molar refractivity (Wildman–Crippen MR) is 98.9 cm³/mol. The Morgan fingerprint density at radius 3 is 1.48 bits per heavy atom. The number of hydrogen-bond acceptors (Lipinski definition) is 2. The molecule has 0 heterocycles. The first-order valence-electron chi connectivity index (χ1n) is 8.75. The molecule has 0 amide bonds. The minimum absolute atomic E-state index is 0.250. The van der Waals surface area contributed by atoms with Crippen molar-refractivity contribution in [1.82, 2.24) is 4.90 Å². The van der Waals surface area contributed by atoms with E-state index in [-0.39, 0.29) is 6.61 Å². The maximum Gasteiger partial charge on any atom is 0.0402 e. The molecular formula is C19H45NO.